The smallest absolute Gasteiger partial charge is 0.242 e. The molecule has 0 atom stereocenters. The Bertz CT molecular complexity index is 971. The molecule has 0 aliphatic rings. The SMILES string of the molecule is CCNC(=NCc1ccc(S(=O)(=O)N(C)C)cc1)NCC(C)(C)c1cccc(F)c1. The highest BCUT2D eigenvalue weighted by atomic mass is 32.2. The number of rotatable bonds is 8. The molecule has 164 valence electrons. The molecule has 2 rings (SSSR count). The Morgan fingerprint density at radius 3 is 2.33 bits per heavy atom. The second kappa shape index (κ2) is 10.0. The van der Waals surface area contributed by atoms with Gasteiger partial charge in [-0.25, -0.2) is 22.1 Å². The summed E-state index contributed by atoms with van der Waals surface area (Å²) in [6, 6.07) is 13.3. The van der Waals surface area contributed by atoms with E-state index in [-0.39, 0.29) is 16.1 Å². The fourth-order valence-corrected chi connectivity index (χ4v) is 3.71. The van der Waals surface area contributed by atoms with Crippen LogP contribution in [0.2, 0.25) is 0 Å². The Kier molecular flexibility index (Phi) is 7.97. The van der Waals surface area contributed by atoms with Gasteiger partial charge in [-0.3, -0.25) is 0 Å². The molecule has 2 aromatic rings. The van der Waals surface area contributed by atoms with Crippen molar-refractivity contribution in [2.24, 2.45) is 4.99 Å². The van der Waals surface area contributed by atoms with Crippen LogP contribution in [0.15, 0.2) is 58.4 Å². The van der Waals surface area contributed by atoms with E-state index in [1.165, 1.54) is 24.5 Å². The summed E-state index contributed by atoms with van der Waals surface area (Å²) in [5.41, 5.74) is 1.51. The lowest BCUT2D eigenvalue weighted by Crippen LogP contribution is -2.43. The van der Waals surface area contributed by atoms with Crippen LogP contribution in [0.5, 0.6) is 0 Å². The lowest BCUT2D eigenvalue weighted by molar-refractivity contribution is 0.503. The topological polar surface area (TPSA) is 73.8 Å². The van der Waals surface area contributed by atoms with Crippen molar-refractivity contribution in [3.05, 3.63) is 65.5 Å². The van der Waals surface area contributed by atoms with Gasteiger partial charge in [0.2, 0.25) is 10.0 Å². The summed E-state index contributed by atoms with van der Waals surface area (Å²) in [4.78, 5) is 4.84. The van der Waals surface area contributed by atoms with Crippen LogP contribution in [-0.4, -0.2) is 45.9 Å². The van der Waals surface area contributed by atoms with Crippen LogP contribution in [0.4, 0.5) is 4.39 Å². The molecule has 0 bridgehead atoms. The largest absolute Gasteiger partial charge is 0.357 e. The van der Waals surface area contributed by atoms with E-state index in [1.807, 2.05) is 26.8 Å². The van der Waals surface area contributed by atoms with Gasteiger partial charge in [0.25, 0.3) is 0 Å². The van der Waals surface area contributed by atoms with E-state index < -0.39 is 10.0 Å². The van der Waals surface area contributed by atoms with Gasteiger partial charge in [0.15, 0.2) is 5.96 Å². The summed E-state index contributed by atoms with van der Waals surface area (Å²) in [7, 11) is -0.428. The third kappa shape index (κ3) is 6.27. The zero-order valence-electron chi connectivity index (χ0n) is 18.2. The molecule has 0 amide bonds. The number of guanidine groups is 1. The summed E-state index contributed by atoms with van der Waals surface area (Å²) in [5.74, 6) is 0.396. The maximum atomic E-state index is 13.6. The average molecular weight is 435 g/mol. The van der Waals surface area contributed by atoms with Crippen molar-refractivity contribution in [2.75, 3.05) is 27.2 Å². The Morgan fingerprint density at radius 1 is 1.10 bits per heavy atom. The molecule has 0 saturated carbocycles. The van der Waals surface area contributed by atoms with Gasteiger partial charge in [0.05, 0.1) is 11.4 Å². The standard InChI is InChI=1S/C22H31FN4O2S/c1-6-24-21(26-16-22(2,3)18-8-7-9-19(23)14-18)25-15-17-10-12-20(13-11-17)30(28,29)27(4)5/h7-14H,6,15-16H2,1-5H3,(H2,24,25,26). The third-order valence-electron chi connectivity index (χ3n) is 4.77. The molecule has 0 radical (unpaired) electrons. The maximum absolute atomic E-state index is 13.6. The van der Waals surface area contributed by atoms with E-state index in [2.05, 4.69) is 15.6 Å². The van der Waals surface area contributed by atoms with Crippen LogP contribution in [0.25, 0.3) is 0 Å². The second-order valence-corrected chi connectivity index (χ2v) is 10.0. The van der Waals surface area contributed by atoms with Crippen LogP contribution < -0.4 is 10.6 Å². The number of hydrogen-bond acceptors (Lipinski definition) is 3. The summed E-state index contributed by atoms with van der Waals surface area (Å²) < 4.78 is 39.1. The molecule has 0 aliphatic carbocycles. The van der Waals surface area contributed by atoms with Crippen LogP contribution in [0.1, 0.15) is 31.9 Å². The second-order valence-electron chi connectivity index (χ2n) is 7.87. The number of hydrogen-bond donors (Lipinski definition) is 2. The van der Waals surface area contributed by atoms with Crippen LogP contribution in [0, 0.1) is 5.82 Å². The van der Waals surface area contributed by atoms with E-state index in [4.69, 9.17) is 0 Å². The first-order valence-electron chi connectivity index (χ1n) is 9.86. The highest BCUT2D eigenvalue weighted by molar-refractivity contribution is 7.89. The summed E-state index contributed by atoms with van der Waals surface area (Å²) in [6.07, 6.45) is 0. The molecule has 0 aromatic heterocycles. The minimum atomic E-state index is -3.44. The molecule has 0 aliphatic heterocycles. The number of nitrogens with one attached hydrogen (secondary N) is 2. The van der Waals surface area contributed by atoms with E-state index in [0.717, 1.165) is 11.1 Å². The monoisotopic (exact) mass is 434 g/mol. The first-order chi connectivity index (χ1) is 14.1. The Labute approximate surface area is 179 Å². The number of nitrogens with zero attached hydrogens (tertiary/aromatic N) is 2. The molecule has 8 heteroatoms. The van der Waals surface area contributed by atoms with E-state index in [9.17, 15) is 12.8 Å². The molecule has 30 heavy (non-hydrogen) atoms. The van der Waals surface area contributed by atoms with Crippen LogP contribution in [0.3, 0.4) is 0 Å². The lowest BCUT2D eigenvalue weighted by atomic mass is 9.84. The van der Waals surface area contributed by atoms with Crippen LogP contribution in [-0.2, 0) is 22.0 Å². The predicted molar refractivity (Wildman–Crippen MR) is 120 cm³/mol. The zero-order valence-corrected chi connectivity index (χ0v) is 19.1. The molecular formula is C22H31FN4O2S. The molecule has 0 heterocycles. The van der Waals surface area contributed by atoms with Gasteiger partial charge in [-0.05, 0) is 42.3 Å². The lowest BCUT2D eigenvalue weighted by Gasteiger charge is -2.27. The third-order valence-corrected chi connectivity index (χ3v) is 6.60. The molecule has 0 spiro atoms. The molecule has 0 fully saturated rings. The van der Waals surface area contributed by atoms with Gasteiger partial charge < -0.3 is 10.6 Å². The Morgan fingerprint density at radius 2 is 1.77 bits per heavy atom. The van der Waals surface area contributed by atoms with Crippen molar-refractivity contribution in [3.63, 3.8) is 0 Å². The number of sulfonamides is 1. The summed E-state index contributed by atoms with van der Waals surface area (Å²) in [5, 5.41) is 6.51. The number of halogens is 1. The Hall–Kier alpha value is -2.45. The Balaban J connectivity index is 2.07. The van der Waals surface area contributed by atoms with Crippen molar-refractivity contribution in [2.45, 2.75) is 37.6 Å². The van der Waals surface area contributed by atoms with E-state index >= 15 is 0 Å². The van der Waals surface area contributed by atoms with Crippen LogP contribution >= 0.6 is 0 Å². The van der Waals surface area contributed by atoms with Gasteiger partial charge in [-0.1, -0.05) is 38.1 Å². The van der Waals surface area contributed by atoms with Gasteiger partial charge in [-0.2, -0.15) is 0 Å². The van der Waals surface area contributed by atoms with E-state index in [0.29, 0.717) is 25.6 Å². The fraction of sp³-hybridized carbons (Fsp3) is 0.409. The van der Waals surface area contributed by atoms with Gasteiger partial charge in [0.1, 0.15) is 5.82 Å². The molecule has 6 nitrogen and oxygen atoms in total. The molecule has 2 N–H and O–H groups in total. The first kappa shape index (κ1) is 23.8. The number of aliphatic imine (C=N–C) groups is 1. The minimum Gasteiger partial charge on any atom is -0.357 e. The first-order valence-corrected chi connectivity index (χ1v) is 11.3. The van der Waals surface area contributed by atoms with E-state index in [1.54, 1.807) is 36.4 Å². The maximum Gasteiger partial charge on any atom is 0.242 e. The minimum absolute atomic E-state index is 0.249. The molecule has 0 saturated heterocycles. The summed E-state index contributed by atoms with van der Waals surface area (Å²) in [6.45, 7) is 7.74. The van der Waals surface area contributed by atoms with Crippen molar-refractivity contribution in [3.8, 4) is 0 Å². The molecule has 0 unspecified atom stereocenters. The quantitative estimate of drug-likeness (QED) is 0.495. The molecule has 2 aromatic carbocycles. The highest BCUT2D eigenvalue weighted by Gasteiger charge is 2.21. The van der Waals surface area contributed by atoms with Crippen molar-refractivity contribution >= 4 is 16.0 Å². The molecular weight excluding hydrogens is 403 g/mol. The number of benzene rings is 2. The van der Waals surface area contributed by atoms with Crippen molar-refractivity contribution in [1.82, 2.24) is 14.9 Å². The van der Waals surface area contributed by atoms with Crippen molar-refractivity contribution in [1.29, 1.82) is 0 Å². The average Bonchev–Trinajstić information content (AvgIpc) is 2.70. The fourth-order valence-electron chi connectivity index (χ4n) is 2.81. The van der Waals surface area contributed by atoms with Crippen molar-refractivity contribution < 1.29 is 12.8 Å². The zero-order chi connectivity index (χ0) is 22.4. The van der Waals surface area contributed by atoms with Gasteiger partial charge in [-0.15, -0.1) is 0 Å². The highest BCUT2D eigenvalue weighted by Crippen LogP contribution is 2.22. The normalized spacial score (nSPS) is 12.8. The van der Waals surface area contributed by atoms with Gasteiger partial charge >= 0.3 is 0 Å². The predicted octanol–water partition coefficient (Wildman–Crippen LogP) is 3.11. The van der Waals surface area contributed by atoms with Gasteiger partial charge in [0, 0.05) is 32.6 Å². The summed E-state index contributed by atoms with van der Waals surface area (Å²) >= 11 is 0.